The van der Waals surface area contributed by atoms with Gasteiger partial charge in [0.15, 0.2) is 0 Å². The van der Waals surface area contributed by atoms with E-state index in [4.69, 9.17) is 0 Å². The summed E-state index contributed by atoms with van der Waals surface area (Å²) in [5.41, 5.74) is 1.14. The monoisotopic (exact) mass is 352 g/mol. The van der Waals surface area contributed by atoms with E-state index in [-0.39, 0.29) is 5.92 Å². The Hall–Kier alpha value is -1.36. The molecule has 0 aliphatic carbocycles. The van der Waals surface area contributed by atoms with Crippen molar-refractivity contribution >= 4 is 32.9 Å². The van der Waals surface area contributed by atoms with Crippen molar-refractivity contribution in [2.75, 3.05) is 0 Å². The zero-order valence-electron chi connectivity index (χ0n) is 12.9. The molecule has 0 saturated heterocycles. The Kier molecular flexibility index (Phi) is 4.42. The zero-order valence-corrected chi connectivity index (χ0v) is 14.4. The van der Waals surface area contributed by atoms with E-state index in [9.17, 15) is 9.90 Å². The van der Waals surface area contributed by atoms with Gasteiger partial charge in [-0.2, -0.15) is 0 Å². The van der Waals surface area contributed by atoms with Crippen molar-refractivity contribution in [2.45, 2.75) is 40.7 Å². The molecule has 0 aliphatic rings. The molecule has 2 rings (SSSR count). The van der Waals surface area contributed by atoms with E-state index in [0.717, 1.165) is 27.9 Å². The number of carboxylic acids is 1. The average molecular weight is 353 g/mol. The fraction of sp³-hybridized carbons (Fsp3) is 0.500. The van der Waals surface area contributed by atoms with Crippen LogP contribution in [0.2, 0.25) is 0 Å². The molecule has 1 aromatic carbocycles. The summed E-state index contributed by atoms with van der Waals surface area (Å²) in [5, 5.41) is 9.60. The van der Waals surface area contributed by atoms with E-state index < -0.39 is 11.4 Å². The van der Waals surface area contributed by atoms with E-state index in [1.165, 1.54) is 0 Å². The van der Waals surface area contributed by atoms with Crippen LogP contribution in [0.3, 0.4) is 0 Å². The predicted octanol–water partition coefficient (Wildman–Crippen LogP) is 4.11. The molecule has 0 amide bonds. The number of hydrogen-bond acceptors (Lipinski definition) is 2. The normalized spacial score (nSPS) is 14.6. The molecule has 1 atom stereocenters. The fourth-order valence-corrected chi connectivity index (χ4v) is 2.84. The lowest BCUT2D eigenvalue weighted by molar-refractivity contribution is -0.150. The number of aliphatic carboxylic acids is 1. The molecule has 4 nitrogen and oxygen atoms in total. The van der Waals surface area contributed by atoms with Gasteiger partial charge in [0.1, 0.15) is 5.82 Å². The van der Waals surface area contributed by atoms with Crippen LogP contribution in [0.5, 0.6) is 0 Å². The van der Waals surface area contributed by atoms with Crippen molar-refractivity contribution in [3.63, 3.8) is 0 Å². The summed E-state index contributed by atoms with van der Waals surface area (Å²) in [6.07, 6.45) is 0.431. The van der Waals surface area contributed by atoms with Crippen LogP contribution in [0.1, 0.15) is 33.5 Å². The number of aryl methyl sites for hydroxylation is 1. The SMILES string of the molecule is CCn1c(CC(C)(C(=O)O)C(C)C)nc2cc(Br)ccc21. The van der Waals surface area contributed by atoms with Gasteiger partial charge >= 0.3 is 5.97 Å². The minimum atomic E-state index is -0.814. The first-order valence-corrected chi connectivity index (χ1v) is 7.97. The van der Waals surface area contributed by atoms with Gasteiger partial charge < -0.3 is 9.67 Å². The maximum atomic E-state index is 11.7. The summed E-state index contributed by atoms with van der Waals surface area (Å²) in [6.45, 7) is 8.53. The summed E-state index contributed by atoms with van der Waals surface area (Å²) in [7, 11) is 0. The number of fused-ring (bicyclic) bond motifs is 1. The number of carboxylic acid groups (broad SMARTS) is 1. The molecular weight excluding hydrogens is 332 g/mol. The van der Waals surface area contributed by atoms with Crippen LogP contribution in [-0.2, 0) is 17.8 Å². The van der Waals surface area contributed by atoms with Gasteiger partial charge in [0.25, 0.3) is 0 Å². The standard InChI is InChI=1S/C16H21BrN2O2/c1-5-19-13-7-6-11(17)8-12(13)18-14(19)9-16(4,10(2)3)15(20)21/h6-8,10H,5,9H2,1-4H3,(H,20,21). The zero-order chi connectivity index (χ0) is 15.8. The van der Waals surface area contributed by atoms with Gasteiger partial charge in [-0.3, -0.25) is 4.79 Å². The molecule has 0 bridgehead atoms. The van der Waals surface area contributed by atoms with Crippen LogP contribution < -0.4 is 0 Å². The molecule has 1 N–H and O–H groups in total. The van der Waals surface area contributed by atoms with Crippen molar-refractivity contribution in [3.05, 3.63) is 28.5 Å². The van der Waals surface area contributed by atoms with Crippen LogP contribution in [0.25, 0.3) is 11.0 Å². The van der Waals surface area contributed by atoms with E-state index in [1.807, 2.05) is 32.0 Å². The highest BCUT2D eigenvalue weighted by Crippen LogP contribution is 2.33. The topological polar surface area (TPSA) is 55.1 Å². The Bertz CT molecular complexity index is 678. The molecule has 0 spiro atoms. The van der Waals surface area contributed by atoms with Gasteiger partial charge in [-0.15, -0.1) is 0 Å². The molecule has 0 saturated carbocycles. The van der Waals surface area contributed by atoms with E-state index in [0.29, 0.717) is 6.42 Å². The molecule has 114 valence electrons. The van der Waals surface area contributed by atoms with Crippen molar-refractivity contribution in [3.8, 4) is 0 Å². The molecule has 1 aromatic heterocycles. The van der Waals surface area contributed by atoms with Crippen molar-refractivity contribution in [1.29, 1.82) is 0 Å². The van der Waals surface area contributed by atoms with Gasteiger partial charge in [0.2, 0.25) is 0 Å². The Balaban J connectivity index is 2.53. The first-order valence-electron chi connectivity index (χ1n) is 7.17. The second-order valence-electron chi connectivity index (χ2n) is 5.96. The number of hydrogen-bond donors (Lipinski definition) is 1. The predicted molar refractivity (Wildman–Crippen MR) is 87.4 cm³/mol. The maximum Gasteiger partial charge on any atom is 0.310 e. The summed E-state index contributed by atoms with van der Waals surface area (Å²) >= 11 is 3.45. The van der Waals surface area contributed by atoms with Crippen LogP contribution in [0, 0.1) is 11.3 Å². The highest BCUT2D eigenvalue weighted by atomic mass is 79.9. The lowest BCUT2D eigenvalue weighted by Crippen LogP contribution is -2.36. The molecular formula is C16H21BrN2O2. The van der Waals surface area contributed by atoms with Crippen molar-refractivity contribution in [1.82, 2.24) is 9.55 Å². The van der Waals surface area contributed by atoms with E-state index in [2.05, 4.69) is 32.4 Å². The second-order valence-corrected chi connectivity index (χ2v) is 6.88. The smallest absolute Gasteiger partial charge is 0.310 e. The van der Waals surface area contributed by atoms with E-state index >= 15 is 0 Å². The number of nitrogens with zero attached hydrogens (tertiary/aromatic N) is 2. The largest absolute Gasteiger partial charge is 0.481 e. The van der Waals surface area contributed by atoms with Gasteiger partial charge in [-0.1, -0.05) is 29.8 Å². The van der Waals surface area contributed by atoms with Crippen molar-refractivity contribution < 1.29 is 9.90 Å². The third-order valence-electron chi connectivity index (χ3n) is 4.39. The molecule has 1 heterocycles. The van der Waals surface area contributed by atoms with Gasteiger partial charge in [-0.25, -0.2) is 4.98 Å². The number of carbonyl (C=O) groups is 1. The van der Waals surface area contributed by atoms with Crippen LogP contribution in [0.15, 0.2) is 22.7 Å². The highest BCUT2D eigenvalue weighted by Gasteiger charge is 2.38. The molecule has 5 heteroatoms. The Morgan fingerprint density at radius 2 is 2.14 bits per heavy atom. The summed E-state index contributed by atoms with van der Waals surface area (Å²) < 4.78 is 3.08. The first-order chi connectivity index (χ1) is 9.79. The molecule has 0 fully saturated rings. The van der Waals surface area contributed by atoms with Crippen molar-refractivity contribution in [2.24, 2.45) is 11.3 Å². The second kappa shape index (κ2) is 5.79. The maximum absolute atomic E-state index is 11.7. The van der Waals surface area contributed by atoms with Gasteiger partial charge in [0.05, 0.1) is 16.4 Å². The number of halogens is 1. The first kappa shape index (κ1) is 16.0. The molecule has 1 unspecified atom stereocenters. The third-order valence-corrected chi connectivity index (χ3v) is 4.89. The highest BCUT2D eigenvalue weighted by molar-refractivity contribution is 9.10. The number of imidazole rings is 1. The summed E-state index contributed by atoms with van der Waals surface area (Å²) in [5.74, 6) is 0.101. The van der Waals surface area contributed by atoms with Crippen LogP contribution in [0.4, 0.5) is 0 Å². The lowest BCUT2D eigenvalue weighted by atomic mass is 9.76. The van der Waals surface area contributed by atoms with E-state index in [1.54, 1.807) is 6.92 Å². The lowest BCUT2D eigenvalue weighted by Gasteiger charge is -2.28. The quantitative estimate of drug-likeness (QED) is 0.880. The van der Waals surface area contributed by atoms with Gasteiger partial charge in [0, 0.05) is 17.4 Å². The summed E-state index contributed by atoms with van der Waals surface area (Å²) in [4.78, 5) is 16.4. The Labute approximate surface area is 133 Å². The fourth-order valence-electron chi connectivity index (χ4n) is 2.50. The Morgan fingerprint density at radius 3 is 2.67 bits per heavy atom. The number of benzene rings is 1. The molecule has 0 aliphatic heterocycles. The van der Waals surface area contributed by atoms with Crippen LogP contribution in [-0.4, -0.2) is 20.6 Å². The van der Waals surface area contributed by atoms with Crippen LogP contribution >= 0.6 is 15.9 Å². The van der Waals surface area contributed by atoms with Gasteiger partial charge in [-0.05, 0) is 38.0 Å². The molecule has 2 aromatic rings. The molecule has 21 heavy (non-hydrogen) atoms. The average Bonchev–Trinajstić information content (AvgIpc) is 2.73. The third kappa shape index (κ3) is 2.84. The summed E-state index contributed by atoms with van der Waals surface area (Å²) in [6, 6.07) is 5.98. The minimum absolute atomic E-state index is 0.0341. The minimum Gasteiger partial charge on any atom is -0.481 e. The number of aromatic nitrogens is 2. The Morgan fingerprint density at radius 1 is 1.48 bits per heavy atom. The number of rotatable bonds is 5. The molecule has 0 radical (unpaired) electrons.